The second-order valence-electron chi connectivity index (χ2n) is 10.0. The maximum atomic E-state index is 6.44. The van der Waals surface area contributed by atoms with Crippen molar-refractivity contribution in [2.24, 2.45) is 5.73 Å². The lowest BCUT2D eigenvalue weighted by Gasteiger charge is -2.52. The molecule has 1 atom stereocenters. The highest BCUT2D eigenvalue weighted by molar-refractivity contribution is 5.74. The molecule has 1 unspecified atom stereocenters. The van der Waals surface area contributed by atoms with Gasteiger partial charge in [-0.05, 0) is 74.3 Å². The van der Waals surface area contributed by atoms with Crippen LogP contribution in [0.2, 0.25) is 0 Å². The smallest absolute Gasteiger partial charge is 0.121 e. The molecule has 6 rings (SSSR count). The Labute approximate surface area is 201 Å². The van der Waals surface area contributed by atoms with Gasteiger partial charge in [0.1, 0.15) is 5.82 Å². The van der Waals surface area contributed by atoms with Crippen LogP contribution >= 0.6 is 0 Å². The minimum atomic E-state index is -0.0904. The number of rotatable bonds is 5. The van der Waals surface area contributed by atoms with E-state index in [0.717, 1.165) is 61.9 Å². The average Bonchev–Trinajstić information content (AvgIpc) is 3.31. The third-order valence-electron chi connectivity index (χ3n) is 8.02. The molecule has 3 N–H and O–H groups in total. The molecule has 5 heteroatoms. The van der Waals surface area contributed by atoms with E-state index in [2.05, 4.69) is 76.6 Å². The summed E-state index contributed by atoms with van der Waals surface area (Å²) in [4.78, 5) is 16.3. The van der Waals surface area contributed by atoms with E-state index in [1.807, 2.05) is 6.20 Å². The Hall–Kier alpha value is -3.02. The maximum absolute atomic E-state index is 6.44. The van der Waals surface area contributed by atoms with Crippen LogP contribution in [0.3, 0.4) is 0 Å². The van der Waals surface area contributed by atoms with Crippen molar-refractivity contribution < 1.29 is 0 Å². The van der Waals surface area contributed by atoms with Crippen molar-refractivity contribution in [1.29, 1.82) is 0 Å². The zero-order valence-electron chi connectivity index (χ0n) is 19.7. The van der Waals surface area contributed by atoms with E-state index in [0.29, 0.717) is 0 Å². The number of para-hydroxylation sites is 2. The standard InChI is InChI=1S/C29H33N5/c30-23-15-17-29(18-16-23,22-10-2-1-3-11-22)34(20-27-32-24-12-4-5-13-25(24)33-27)26-14-6-8-21-9-7-19-31-28(21)26/h1-5,7,9-13,19,23,26H,6,8,14-18,20,30H2,(H,32,33)/t23-,26?,29-. The number of aromatic amines is 1. The first-order valence-electron chi connectivity index (χ1n) is 12.7. The molecule has 4 aromatic rings. The van der Waals surface area contributed by atoms with Crippen LogP contribution in [0, 0.1) is 0 Å². The number of imidazole rings is 1. The zero-order valence-corrected chi connectivity index (χ0v) is 19.7. The van der Waals surface area contributed by atoms with Crippen LogP contribution in [-0.4, -0.2) is 25.9 Å². The number of nitrogens with one attached hydrogen (secondary N) is 1. The molecule has 0 saturated heterocycles. The van der Waals surface area contributed by atoms with Gasteiger partial charge in [0.25, 0.3) is 0 Å². The van der Waals surface area contributed by atoms with Crippen LogP contribution in [-0.2, 0) is 18.5 Å². The number of aromatic nitrogens is 3. The monoisotopic (exact) mass is 451 g/mol. The van der Waals surface area contributed by atoms with E-state index in [1.165, 1.54) is 23.2 Å². The van der Waals surface area contributed by atoms with Gasteiger partial charge in [-0.3, -0.25) is 9.88 Å². The lowest BCUT2D eigenvalue weighted by molar-refractivity contribution is -0.0136. The molecule has 2 heterocycles. The fourth-order valence-electron chi connectivity index (χ4n) is 6.30. The Morgan fingerprint density at radius 2 is 1.74 bits per heavy atom. The van der Waals surface area contributed by atoms with Crippen LogP contribution < -0.4 is 5.73 Å². The molecule has 0 aliphatic heterocycles. The van der Waals surface area contributed by atoms with Crippen LogP contribution in [0.4, 0.5) is 0 Å². The Morgan fingerprint density at radius 3 is 2.56 bits per heavy atom. The number of H-pyrrole nitrogens is 1. The van der Waals surface area contributed by atoms with Gasteiger partial charge < -0.3 is 10.7 Å². The van der Waals surface area contributed by atoms with E-state index in [9.17, 15) is 0 Å². The molecule has 2 aliphatic rings. The first-order chi connectivity index (χ1) is 16.7. The van der Waals surface area contributed by atoms with E-state index in [1.54, 1.807) is 0 Å². The second kappa shape index (κ2) is 8.97. The van der Waals surface area contributed by atoms with Crippen molar-refractivity contribution in [3.05, 3.63) is 95.6 Å². The SMILES string of the molecule is N[C@H]1CC[C@](c2ccccc2)(N(Cc2nc3ccccc3[nH]2)C2CCCc3cccnc32)CC1. The summed E-state index contributed by atoms with van der Waals surface area (Å²) in [6.45, 7) is 0.763. The van der Waals surface area contributed by atoms with Crippen molar-refractivity contribution >= 4 is 11.0 Å². The van der Waals surface area contributed by atoms with Gasteiger partial charge in [0.2, 0.25) is 0 Å². The summed E-state index contributed by atoms with van der Waals surface area (Å²) in [6.07, 6.45) is 9.55. The van der Waals surface area contributed by atoms with Gasteiger partial charge in [-0.2, -0.15) is 0 Å². The number of nitrogens with two attached hydrogens (primary N) is 1. The summed E-state index contributed by atoms with van der Waals surface area (Å²) < 4.78 is 0. The molecule has 2 aromatic carbocycles. The van der Waals surface area contributed by atoms with Crippen LogP contribution in [0.15, 0.2) is 72.9 Å². The molecule has 0 bridgehead atoms. The lowest BCUT2D eigenvalue weighted by Crippen LogP contribution is -2.52. The van der Waals surface area contributed by atoms with Crippen molar-refractivity contribution in [2.75, 3.05) is 0 Å². The predicted octanol–water partition coefficient (Wildman–Crippen LogP) is 5.63. The molecule has 2 aliphatic carbocycles. The van der Waals surface area contributed by atoms with Crippen LogP contribution in [0.25, 0.3) is 11.0 Å². The average molecular weight is 452 g/mol. The minimum absolute atomic E-state index is 0.0904. The summed E-state index contributed by atoms with van der Waals surface area (Å²) in [5.41, 5.74) is 12.5. The fraction of sp³-hybridized carbons (Fsp3) is 0.379. The van der Waals surface area contributed by atoms with Crippen molar-refractivity contribution in [3.8, 4) is 0 Å². The number of pyridine rings is 1. The van der Waals surface area contributed by atoms with Gasteiger partial charge in [-0.25, -0.2) is 4.98 Å². The van der Waals surface area contributed by atoms with E-state index in [-0.39, 0.29) is 17.6 Å². The molecule has 0 amide bonds. The van der Waals surface area contributed by atoms with E-state index >= 15 is 0 Å². The largest absolute Gasteiger partial charge is 0.341 e. The van der Waals surface area contributed by atoms with Gasteiger partial charge in [0, 0.05) is 17.8 Å². The van der Waals surface area contributed by atoms with Gasteiger partial charge >= 0.3 is 0 Å². The van der Waals surface area contributed by atoms with Gasteiger partial charge in [0.05, 0.1) is 29.3 Å². The number of aryl methyl sites for hydroxylation is 1. The molecule has 2 aromatic heterocycles. The topological polar surface area (TPSA) is 70.8 Å². The zero-order chi connectivity index (χ0) is 23.0. The predicted molar refractivity (Wildman–Crippen MR) is 136 cm³/mol. The highest BCUT2D eigenvalue weighted by atomic mass is 15.3. The minimum Gasteiger partial charge on any atom is -0.341 e. The number of hydrogen-bond acceptors (Lipinski definition) is 4. The molecule has 5 nitrogen and oxygen atoms in total. The van der Waals surface area contributed by atoms with Crippen LogP contribution in [0.1, 0.15) is 67.2 Å². The summed E-state index contributed by atoms with van der Waals surface area (Å²) >= 11 is 0. The highest BCUT2D eigenvalue weighted by Crippen LogP contribution is 2.48. The second-order valence-corrected chi connectivity index (χ2v) is 10.0. The van der Waals surface area contributed by atoms with E-state index < -0.39 is 0 Å². The Balaban J connectivity index is 1.49. The number of benzene rings is 2. The third kappa shape index (κ3) is 3.83. The number of hydrogen-bond donors (Lipinski definition) is 2. The number of fused-ring (bicyclic) bond motifs is 2. The molecule has 34 heavy (non-hydrogen) atoms. The highest BCUT2D eigenvalue weighted by Gasteiger charge is 2.45. The Kier molecular flexibility index (Phi) is 5.67. The number of nitrogens with zero attached hydrogens (tertiary/aromatic N) is 3. The van der Waals surface area contributed by atoms with Crippen molar-refractivity contribution in [2.45, 2.75) is 69.1 Å². The Bertz CT molecular complexity index is 1220. The maximum Gasteiger partial charge on any atom is 0.121 e. The molecular formula is C29H33N5. The summed E-state index contributed by atoms with van der Waals surface area (Å²) in [7, 11) is 0. The van der Waals surface area contributed by atoms with Gasteiger partial charge in [-0.1, -0.05) is 48.5 Å². The lowest BCUT2D eigenvalue weighted by atomic mass is 9.72. The molecule has 174 valence electrons. The summed E-state index contributed by atoms with van der Waals surface area (Å²) in [6, 6.07) is 24.3. The van der Waals surface area contributed by atoms with Crippen molar-refractivity contribution in [1.82, 2.24) is 19.9 Å². The van der Waals surface area contributed by atoms with Gasteiger partial charge in [-0.15, -0.1) is 0 Å². The van der Waals surface area contributed by atoms with Gasteiger partial charge in [0.15, 0.2) is 0 Å². The first-order valence-corrected chi connectivity index (χ1v) is 12.7. The molecular weight excluding hydrogens is 418 g/mol. The summed E-state index contributed by atoms with van der Waals surface area (Å²) in [5, 5.41) is 0. The quantitative estimate of drug-likeness (QED) is 0.412. The first kappa shape index (κ1) is 21.5. The van der Waals surface area contributed by atoms with Crippen molar-refractivity contribution in [3.63, 3.8) is 0 Å². The van der Waals surface area contributed by atoms with Crippen LogP contribution in [0.5, 0.6) is 0 Å². The summed E-state index contributed by atoms with van der Waals surface area (Å²) in [5.74, 6) is 1.02. The third-order valence-corrected chi connectivity index (χ3v) is 8.02. The Morgan fingerprint density at radius 1 is 0.941 bits per heavy atom. The molecule has 0 spiro atoms. The normalized spacial score (nSPS) is 24.9. The molecule has 1 saturated carbocycles. The molecule has 0 radical (unpaired) electrons. The molecule has 1 fully saturated rings. The fourth-order valence-corrected chi connectivity index (χ4v) is 6.30. The van der Waals surface area contributed by atoms with E-state index in [4.69, 9.17) is 15.7 Å².